The van der Waals surface area contributed by atoms with Crippen LogP contribution in [0.5, 0.6) is 5.75 Å². The van der Waals surface area contributed by atoms with Gasteiger partial charge in [0.15, 0.2) is 6.61 Å². The number of carbonyl (C=O) groups excluding carboxylic acids is 1. The van der Waals surface area contributed by atoms with Crippen LogP contribution in [0.2, 0.25) is 0 Å². The quantitative estimate of drug-likeness (QED) is 0.639. The number of amides is 1. The molecular weight excluding hydrogens is 412 g/mol. The first kappa shape index (κ1) is 23.3. The minimum Gasteiger partial charge on any atom is -0.484 e. The summed E-state index contributed by atoms with van der Waals surface area (Å²) in [5.41, 5.74) is 1.25. The molecule has 3 rings (SSSR count). The second kappa shape index (κ2) is 11.3. The minimum absolute atomic E-state index is 0.0393. The topological polar surface area (TPSA) is 75.7 Å². The molecule has 0 spiro atoms. The van der Waals surface area contributed by atoms with Crippen molar-refractivity contribution in [3.05, 3.63) is 60.2 Å². The zero-order valence-corrected chi connectivity index (χ0v) is 18.9. The molecule has 1 aliphatic rings. The molecule has 0 unspecified atom stereocenters. The van der Waals surface area contributed by atoms with Gasteiger partial charge in [-0.05, 0) is 62.4 Å². The number of aryl methyl sites for hydroxylation is 1. The molecule has 31 heavy (non-hydrogen) atoms. The fraction of sp³-hybridized carbons (Fsp3) is 0.458. The van der Waals surface area contributed by atoms with Crippen molar-refractivity contribution in [2.24, 2.45) is 0 Å². The average molecular weight is 445 g/mol. The van der Waals surface area contributed by atoms with Gasteiger partial charge in [0.1, 0.15) is 5.75 Å². The summed E-state index contributed by atoms with van der Waals surface area (Å²) in [4.78, 5) is 12.4. The second-order valence-corrected chi connectivity index (χ2v) is 10.0. The molecule has 1 saturated heterocycles. The maximum absolute atomic E-state index is 12.8. The predicted octanol–water partition coefficient (Wildman–Crippen LogP) is 3.77. The van der Waals surface area contributed by atoms with E-state index in [0.29, 0.717) is 18.8 Å². The fourth-order valence-electron chi connectivity index (χ4n) is 3.70. The highest BCUT2D eigenvalue weighted by atomic mass is 32.2. The van der Waals surface area contributed by atoms with Crippen LogP contribution < -0.4 is 10.1 Å². The molecule has 0 bridgehead atoms. The monoisotopic (exact) mass is 444 g/mol. The number of benzene rings is 2. The Morgan fingerprint density at radius 1 is 1.00 bits per heavy atom. The third-order valence-electron chi connectivity index (χ3n) is 5.51. The van der Waals surface area contributed by atoms with E-state index < -0.39 is 10.0 Å². The van der Waals surface area contributed by atoms with Crippen LogP contribution in [0.1, 0.15) is 44.6 Å². The molecule has 1 atom stereocenters. The molecule has 1 heterocycles. The molecule has 0 aliphatic carbocycles. The van der Waals surface area contributed by atoms with Gasteiger partial charge in [0, 0.05) is 19.1 Å². The Morgan fingerprint density at radius 2 is 1.65 bits per heavy atom. The first-order chi connectivity index (χ1) is 14.9. The molecule has 168 valence electrons. The van der Waals surface area contributed by atoms with Crippen LogP contribution in [0.25, 0.3) is 0 Å². The summed E-state index contributed by atoms with van der Waals surface area (Å²) in [6.07, 6.45) is 5.70. The van der Waals surface area contributed by atoms with Gasteiger partial charge in [-0.3, -0.25) is 4.79 Å². The van der Waals surface area contributed by atoms with Gasteiger partial charge in [-0.15, -0.1) is 0 Å². The lowest BCUT2D eigenvalue weighted by Gasteiger charge is -2.20. The Bertz CT molecular complexity index is 922. The number of nitrogens with zero attached hydrogens (tertiary/aromatic N) is 1. The molecule has 0 aromatic heterocycles. The zero-order valence-electron chi connectivity index (χ0n) is 18.1. The van der Waals surface area contributed by atoms with Gasteiger partial charge in [0.05, 0.1) is 4.90 Å². The van der Waals surface area contributed by atoms with E-state index >= 15 is 0 Å². The summed E-state index contributed by atoms with van der Waals surface area (Å²) in [6.45, 7) is 3.02. The molecule has 1 aliphatic heterocycles. The number of hydrogen-bond acceptors (Lipinski definition) is 4. The van der Waals surface area contributed by atoms with E-state index in [2.05, 4.69) is 17.4 Å². The summed E-state index contributed by atoms with van der Waals surface area (Å²) < 4.78 is 32.8. The lowest BCUT2D eigenvalue weighted by Crippen LogP contribution is -2.36. The summed E-state index contributed by atoms with van der Waals surface area (Å²) in [6, 6.07) is 16.5. The standard InChI is InChI=1S/C24H32N2O4S/c1-20(11-12-21-9-5-4-6-10-21)25-24(27)19-30-22-13-15-23(16-14-22)31(28,29)26-17-7-2-3-8-18-26/h4-6,9-10,13-16,20H,2-3,7-8,11-12,17-19H2,1H3,(H,25,27)/t20-/m0/s1. The van der Waals surface area contributed by atoms with E-state index in [1.165, 1.54) is 5.56 Å². The van der Waals surface area contributed by atoms with Crippen LogP contribution in [-0.4, -0.2) is 44.4 Å². The van der Waals surface area contributed by atoms with Crippen LogP contribution in [0.3, 0.4) is 0 Å². The SMILES string of the molecule is C[C@@H](CCc1ccccc1)NC(=O)COc1ccc(S(=O)(=O)N2CCCCCC2)cc1. The molecule has 2 aromatic rings. The first-order valence-corrected chi connectivity index (χ1v) is 12.5. The smallest absolute Gasteiger partial charge is 0.258 e. The van der Waals surface area contributed by atoms with E-state index in [9.17, 15) is 13.2 Å². The maximum atomic E-state index is 12.8. The molecular formula is C24H32N2O4S. The Labute approximate surface area is 185 Å². The average Bonchev–Trinajstić information content (AvgIpc) is 3.08. The highest BCUT2D eigenvalue weighted by molar-refractivity contribution is 7.89. The molecule has 1 N–H and O–H groups in total. The first-order valence-electron chi connectivity index (χ1n) is 11.0. The van der Waals surface area contributed by atoms with Gasteiger partial charge < -0.3 is 10.1 Å². The summed E-state index contributed by atoms with van der Waals surface area (Å²) in [7, 11) is -3.48. The van der Waals surface area contributed by atoms with Crippen molar-refractivity contribution in [1.29, 1.82) is 0 Å². The Morgan fingerprint density at radius 3 is 2.29 bits per heavy atom. The number of hydrogen-bond donors (Lipinski definition) is 1. The molecule has 2 aromatic carbocycles. The third kappa shape index (κ3) is 7.08. The van der Waals surface area contributed by atoms with Crippen molar-refractivity contribution < 1.29 is 17.9 Å². The highest BCUT2D eigenvalue weighted by Crippen LogP contribution is 2.22. The number of carbonyl (C=O) groups is 1. The normalized spacial score (nSPS) is 16.3. The lowest BCUT2D eigenvalue weighted by atomic mass is 10.1. The number of rotatable bonds is 9. The van der Waals surface area contributed by atoms with Crippen molar-refractivity contribution in [2.45, 2.75) is 56.4 Å². The molecule has 6 nitrogen and oxygen atoms in total. The summed E-state index contributed by atoms with van der Waals surface area (Å²) in [5, 5.41) is 2.94. The van der Waals surface area contributed by atoms with Crippen LogP contribution in [0.15, 0.2) is 59.5 Å². The summed E-state index contributed by atoms with van der Waals surface area (Å²) in [5.74, 6) is 0.281. The number of ether oxygens (including phenoxy) is 1. The largest absolute Gasteiger partial charge is 0.484 e. The Hall–Kier alpha value is -2.38. The predicted molar refractivity (Wildman–Crippen MR) is 122 cm³/mol. The Kier molecular flexibility index (Phi) is 8.49. The van der Waals surface area contributed by atoms with Gasteiger partial charge in [-0.1, -0.05) is 43.2 Å². The lowest BCUT2D eigenvalue weighted by molar-refractivity contribution is -0.123. The summed E-state index contributed by atoms with van der Waals surface area (Å²) >= 11 is 0. The van der Waals surface area contributed by atoms with Gasteiger partial charge in [-0.2, -0.15) is 4.31 Å². The van der Waals surface area contributed by atoms with E-state index in [1.54, 1.807) is 28.6 Å². The van der Waals surface area contributed by atoms with E-state index in [1.807, 2.05) is 25.1 Å². The second-order valence-electron chi connectivity index (χ2n) is 8.07. The van der Waals surface area contributed by atoms with Gasteiger partial charge in [-0.25, -0.2) is 8.42 Å². The van der Waals surface area contributed by atoms with Crippen molar-refractivity contribution in [3.8, 4) is 5.75 Å². The molecule has 1 fully saturated rings. The van der Waals surface area contributed by atoms with Crippen LogP contribution in [0, 0.1) is 0 Å². The van der Waals surface area contributed by atoms with E-state index in [0.717, 1.165) is 38.5 Å². The zero-order chi connectivity index (χ0) is 22.1. The van der Waals surface area contributed by atoms with Gasteiger partial charge in [0.25, 0.3) is 5.91 Å². The molecule has 0 saturated carbocycles. The van der Waals surface area contributed by atoms with Crippen LogP contribution >= 0.6 is 0 Å². The van der Waals surface area contributed by atoms with Gasteiger partial charge >= 0.3 is 0 Å². The van der Waals surface area contributed by atoms with Crippen molar-refractivity contribution in [1.82, 2.24) is 9.62 Å². The maximum Gasteiger partial charge on any atom is 0.258 e. The molecule has 1 amide bonds. The minimum atomic E-state index is -3.48. The number of nitrogens with one attached hydrogen (secondary N) is 1. The molecule has 0 radical (unpaired) electrons. The number of sulfonamides is 1. The van der Waals surface area contributed by atoms with Crippen LogP contribution in [0.4, 0.5) is 0 Å². The van der Waals surface area contributed by atoms with Crippen molar-refractivity contribution in [3.63, 3.8) is 0 Å². The fourth-order valence-corrected chi connectivity index (χ4v) is 5.22. The third-order valence-corrected chi connectivity index (χ3v) is 7.43. The van der Waals surface area contributed by atoms with E-state index in [4.69, 9.17) is 4.74 Å². The van der Waals surface area contributed by atoms with Crippen molar-refractivity contribution in [2.75, 3.05) is 19.7 Å². The highest BCUT2D eigenvalue weighted by Gasteiger charge is 2.25. The Balaban J connectivity index is 1.45. The van der Waals surface area contributed by atoms with Crippen LogP contribution in [-0.2, 0) is 21.2 Å². The van der Waals surface area contributed by atoms with E-state index in [-0.39, 0.29) is 23.5 Å². The van der Waals surface area contributed by atoms with Crippen molar-refractivity contribution >= 4 is 15.9 Å². The molecule has 7 heteroatoms. The van der Waals surface area contributed by atoms with Gasteiger partial charge in [0.2, 0.25) is 10.0 Å².